The van der Waals surface area contributed by atoms with Gasteiger partial charge in [-0.05, 0) is 36.9 Å². The van der Waals surface area contributed by atoms with Crippen molar-refractivity contribution in [2.24, 2.45) is 5.73 Å². The second-order valence-corrected chi connectivity index (χ2v) is 3.82. The first-order chi connectivity index (χ1) is 8.19. The SMILES string of the molecule is CCN(CC)Cc1cc(F)cc(C#CCN)c1. The van der Waals surface area contributed by atoms with E-state index in [4.69, 9.17) is 5.73 Å². The number of benzene rings is 1. The molecule has 2 nitrogen and oxygen atoms in total. The fraction of sp³-hybridized carbons (Fsp3) is 0.429. The van der Waals surface area contributed by atoms with Crippen molar-refractivity contribution in [3.63, 3.8) is 0 Å². The van der Waals surface area contributed by atoms with Gasteiger partial charge in [-0.25, -0.2) is 4.39 Å². The topological polar surface area (TPSA) is 29.3 Å². The lowest BCUT2D eigenvalue weighted by Crippen LogP contribution is -2.22. The number of hydrogen-bond acceptors (Lipinski definition) is 2. The van der Waals surface area contributed by atoms with E-state index in [2.05, 4.69) is 30.6 Å². The lowest BCUT2D eigenvalue weighted by Gasteiger charge is -2.18. The van der Waals surface area contributed by atoms with Crippen LogP contribution < -0.4 is 5.73 Å². The maximum atomic E-state index is 13.4. The van der Waals surface area contributed by atoms with Crippen molar-refractivity contribution in [1.29, 1.82) is 0 Å². The third-order valence-electron chi connectivity index (χ3n) is 2.59. The molecular weight excluding hydrogens is 215 g/mol. The monoisotopic (exact) mass is 234 g/mol. The molecule has 0 radical (unpaired) electrons. The second-order valence-electron chi connectivity index (χ2n) is 3.82. The molecular formula is C14H19FN2. The molecule has 0 fully saturated rings. The van der Waals surface area contributed by atoms with Gasteiger partial charge in [0.1, 0.15) is 5.82 Å². The number of nitrogens with zero attached hydrogens (tertiary/aromatic N) is 1. The van der Waals surface area contributed by atoms with E-state index in [1.807, 2.05) is 6.07 Å². The standard InChI is InChI=1S/C14H19FN2/c1-3-17(4-2)11-13-8-12(6-5-7-16)9-14(15)10-13/h8-10H,3-4,7,11,16H2,1-2H3. The zero-order valence-electron chi connectivity index (χ0n) is 10.5. The van der Waals surface area contributed by atoms with Gasteiger partial charge in [-0.1, -0.05) is 25.7 Å². The molecule has 0 atom stereocenters. The molecule has 0 aromatic heterocycles. The molecule has 17 heavy (non-hydrogen) atoms. The van der Waals surface area contributed by atoms with Gasteiger partial charge < -0.3 is 5.73 Å². The number of hydrogen-bond donors (Lipinski definition) is 1. The molecule has 0 saturated carbocycles. The van der Waals surface area contributed by atoms with E-state index in [9.17, 15) is 4.39 Å². The van der Waals surface area contributed by atoms with Crippen molar-refractivity contribution in [2.45, 2.75) is 20.4 Å². The molecule has 0 heterocycles. The van der Waals surface area contributed by atoms with E-state index < -0.39 is 0 Å². The maximum Gasteiger partial charge on any atom is 0.124 e. The first-order valence-electron chi connectivity index (χ1n) is 5.90. The summed E-state index contributed by atoms with van der Waals surface area (Å²) in [6.07, 6.45) is 0. The Labute approximate surface area is 103 Å². The van der Waals surface area contributed by atoms with Gasteiger partial charge in [-0.2, -0.15) is 0 Å². The average molecular weight is 234 g/mol. The highest BCUT2D eigenvalue weighted by Crippen LogP contribution is 2.11. The lowest BCUT2D eigenvalue weighted by molar-refractivity contribution is 0.295. The van der Waals surface area contributed by atoms with Crippen LogP contribution in [0.1, 0.15) is 25.0 Å². The van der Waals surface area contributed by atoms with Crippen molar-refractivity contribution in [3.8, 4) is 11.8 Å². The van der Waals surface area contributed by atoms with Gasteiger partial charge in [0, 0.05) is 12.1 Å². The number of rotatable bonds is 4. The van der Waals surface area contributed by atoms with Gasteiger partial charge in [0.25, 0.3) is 0 Å². The first kappa shape index (κ1) is 13.7. The molecule has 92 valence electrons. The minimum Gasteiger partial charge on any atom is -0.320 e. The lowest BCUT2D eigenvalue weighted by atomic mass is 10.1. The second kappa shape index (κ2) is 7.05. The Balaban J connectivity index is 2.89. The van der Waals surface area contributed by atoms with Gasteiger partial charge in [-0.15, -0.1) is 0 Å². The Bertz CT molecular complexity index is 414. The van der Waals surface area contributed by atoms with Crippen molar-refractivity contribution in [2.75, 3.05) is 19.6 Å². The minimum atomic E-state index is -0.240. The summed E-state index contributed by atoms with van der Waals surface area (Å²) in [7, 11) is 0. The predicted octanol–water partition coefficient (Wildman–Crippen LogP) is 1.98. The zero-order chi connectivity index (χ0) is 12.7. The van der Waals surface area contributed by atoms with E-state index in [0.717, 1.165) is 25.2 Å². The van der Waals surface area contributed by atoms with Gasteiger partial charge in [0.15, 0.2) is 0 Å². The van der Waals surface area contributed by atoms with Crippen molar-refractivity contribution < 1.29 is 4.39 Å². The molecule has 0 unspecified atom stereocenters. The Kier molecular flexibility index (Phi) is 5.68. The number of halogens is 1. The minimum absolute atomic E-state index is 0.240. The van der Waals surface area contributed by atoms with Crippen LogP contribution in [0.15, 0.2) is 18.2 Å². The van der Waals surface area contributed by atoms with Crippen LogP contribution in [0, 0.1) is 17.7 Å². The summed E-state index contributed by atoms with van der Waals surface area (Å²) < 4.78 is 13.4. The van der Waals surface area contributed by atoms with Crippen LogP contribution in [-0.4, -0.2) is 24.5 Å². The summed E-state index contributed by atoms with van der Waals surface area (Å²) in [6.45, 7) is 7.15. The first-order valence-corrected chi connectivity index (χ1v) is 5.90. The molecule has 0 amide bonds. The highest BCUT2D eigenvalue weighted by molar-refractivity contribution is 5.37. The quantitative estimate of drug-likeness (QED) is 0.807. The third-order valence-corrected chi connectivity index (χ3v) is 2.59. The molecule has 1 rings (SSSR count). The highest BCUT2D eigenvalue weighted by Gasteiger charge is 2.04. The summed E-state index contributed by atoms with van der Waals surface area (Å²) in [5, 5.41) is 0. The van der Waals surface area contributed by atoms with Crippen molar-refractivity contribution in [1.82, 2.24) is 4.90 Å². The Hall–Kier alpha value is -1.37. The van der Waals surface area contributed by atoms with Crippen molar-refractivity contribution in [3.05, 3.63) is 35.1 Å². The molecule has 0 aliphatic carbocycles. The van der Waals surface area contributed by atoms with Crippen LogP contribution in [0.3, 0.4) is 0 Å². The van der Waals surface area contributed by atoms with Crippen LogP contribution in [0.25, 0.3) is 0 Å². The van der Waals surface area contributed by atoms with E-state index >= 15 is 0 Å². The maximum absolute atomic E-state index is 13.4. The molecule has 0 saturated heterocycles. The fourth-order valence-electron chi connectivity index (χ4n) is 1.67. The van der Waals surface area contributed by atoms with Gasteiger partial charge in [0.05, 0.1) is 6.54 Å². The molecule has 1 aromatic carbocycles. The van der Waals surface area contributed by atoms with Crippen LogP contribution in [0.2, 0.25) is 0 Å². The van der Waals surface area contributed by atoms with Crippen LogP contribution >= 0.6 is 0 Å². The highest BCUT2D eigenvalue weighted by atomic mass is 19.1. The average Bonchev–Trinajstić information content (AvgIpc) is 2.32. The molecule has 3 heteroatoms. The van der Waals surface area contributed by atoms with E-state index in [-0.39, 0.29) is 5.82 Å². The predicted molar refractivity (Wildman–Crippen MR) is 69.0 cm³/mol. The van der Waals surface area contributed by atoms with E-state index in [1.165, 1.54) is 6.07 Å². The normalized spacial score (nSPS) is 10.2. The largest absolute Gasteiger partial charge is 0.320 e. The number of nitrogens with two attached hydrogens (primary N) is 1. The summed E-state index contributed by atoms with van der Waals surface area (Å²) >= 11 is 0. The summed E-state index contributed by atoms with van der Waals surface area (Å²) in [6, 6.07) is 4.92. The van der Waals surface area contributed by atoms with Gasteiger partial charge in [0.2, 0.25) is 0 Å². The van der Waals surface area contributed by atoms with Crippen LogP contribution in [-0.2, 0) is 6.54 Å². The smallest absolute Gasteiger partial charge is 0.124 e. The zero-order valence-corrected chi connectivity index (χ0v) is 10.5. The Morgan fingerprint density at radius 1 is 1.24 bits per heavy atom. The molecule has 1 aromatic rings. The molecule has 0 aliphatic heterocycles. The van der Waals surface area contributed by atoms with E-state index in [0.29, 0.717) is 12.1 Å². The summed E-state index contributed by atoms with van der Waals surface area (Å²) in [5.41, 5.74) is 6.95. The molecule has 0 aliphatic rings. The van der Waals surface area contributed by atoms with E-state index in [1.54, 1.807) is 6.07 Å². The van der Waals surface area contributed by atoms with Crippen molar-refractivity contribution >= 4 is 0 Å². The molecule has 0 spiro atoms. The molecule has 0 bridgehead atoms. The summed E-state index contributed by atoms with van der Waals surface area (Å²) in [5.74, 6) is 5.36. The van der Waals surface area contributed by atoms with Crippen LogP contribution in [0.4, 0.5) is 4.39 Å². The van der Waals surface area contributed by atoms with Gasteiger partial charge >= 0.3 is 0 Å². The third kappa shape index (κ3) is 4.56. The Morgan fingerprint density at radius 2 is 1.94 bits per heavy atom. The molecule has 2 N–H and O–H groups in total. The van der Waals surface area contributed by atoms with Gasteiger partial charge in [-0.3, -0.25) is 4.90 Å². The van der Waals surface area contributed by atoms with Crippen LogP contribution in [0.5, 0.6) is 0 Å². The summed E-state index contributed by atoms with van der Waals surface area (Å²) in [4.78, 5) is 2.23. The Morgan fingerprint density at radius 3 is 2.53 bits per heavy atom. The fourth-order valence-corrected chi connectivity index (χ4v) is 1.67.